The summed E-state index contributed by atoms with van der Waals surface area (Å²) in [4.78, 5) is 44.1. The Hall–Kier alpha value is -2.88. The maximum Gasteiger partial charge on any atom is 0.416 e. The molecule has 0 bridgehead atoms. The normalized spacial score (nSPS) is 21.9. The van der Waals surface area contributed by atoms with E-state index in [0.29, 0.717) is 4.88 Å². The van der Waals surface area contributed by atoms with E-state index in [1.54, 1.807) is 59.1 Å². The number of likely N-dealkylation sites (tertiary alicyclic amines) is 1. The predicted octanol–water partition coefficient (Wildman–Crippen LogP) is 7.44. The van der Waals surface area contributed by atoms with Gasteiger partial charge in [-0.3, -0.25) is 9.59 Å². The van der Waals surface area contributed by atoms with Gasteiger partial charge in [-0.2, -0.15) is 13.2 Å². The summed E-state index contributed by atoms with van der Waals surface area (Å²) in [5, 5.41) is 1.80. The third-order valence-corrected chi connectivity index (χ3v) is 7.37. The van der Waals surface area contributed by atoms with E-state index >= 15 is 0 Å². The molecule has 1 aliphatic heterocycles. The van der Waals surface area contributed by atoms with Gasteiger partial charge in [-0.1, -0.05) is 19.9 Å². The molecule has 0 radical (unpaired) electrons. The fourth-order valence-electron chi connectivity index (χ4n) is 5.15. The molecule has 0 saturated carbocycles. The molecule has 1 aromatic carbocycles. The van der Waals surface area contributed by atoms with Crippen LogP contribution in [0.2, 0.25) is 0 Å². The molecule has 2 heterocycles. The topological polar surface area (TPSA) is 72.9 Å². The van der Waals surface area contributed by atoms with E-state index < -0.39 is 58.3 Å². The van der Waals surface area contributed by atoms with Crippen molar-refractivity contribution in [1.82, 2.24) is 4.90 Å². The summed E-state index contributed by atoms with van der Waals surface area (Å²) in [5.41, 5.74) is -4.22. The molecule has 0 aliphatic carbocycles. The number of nitrogens with zero attached hydrogens (tertiary/aromatic N) is 1. The average Bonchev–Trinajstić information content (AvgIpc) is 3.42. The lowest BCUT2D eigenvalue weighted by atomic mass is 9.83. The summed E-state index contributed by atoms with van der Waals surface area (Å²) in [5.74, 6) is -2.91. The van der Waals surface area contributed by atoms with Gasteiger partial charge in [-0.05, 0) is 96.0 Å². The molecular weight excluding hydrogens is 543 g/mol. The zero-order valence-corrected chi connectivity index (χ0v) is 25.0. The van der Waals surface area contributed by atoms with Crippen molar-refractivity contribution in [3.63, 3.8) is 0 Å². The van der Waals surface area contributed by atoms with E-state index in [2.05, 4.69) is 0 Å². The molecule has 1 aliphatic rings. The van der Waals surface area contributed by atoms with Crippen LogP contribution in [0.4, 0.5) is 13.2 Å². The minimum absolute atomic E-state index is 0.0314. The molecule has 220 valence electrons. The Morgan fingerprint density at radius 3 is 2.00 bits per heavy atom. The van der Waals surface area contributed by atoms with E-state index in [4.69, 9.17) is 9.47 Å². The Morgan fingerprint density at radius 2 is 1.55 bits per heavy atom. The number of amides is 1. The van der Waals surface area contributed by atoms with Crippen molar-refractivity contribution < 1.29 is 37.0 Å². The highest BCUT2D eigenvalue weighted by molar-refractivity contribution is 7.10. The number of halogens is 3. The van der Waals surface area contributed by atoms with Crippen LogP contribution >= 0.6 is 11.3 Å². The number of carbonyl (C=O) groups is 3. The van der Waals surface area contributed by atoms with Gasteiger partial charge in [-0.25, -0.2) is 4.79 Å². The van der Waals surface area contributed by atoms with Gasteiger partial charge in [0.25, 0.3) is 5.91 Å². The lowest BCUT2D eigenvalue weighted by Crippen LogP contribution is -2.56. The highest BCUT2D eigenvalue weighted by atomic mass is 32.1. The van der Waals surface area contributed by atoms with Crippen molar-refractivity contribution in [1.29, 1.82) is 0 Å². The Morgan fingerprint density at radius 1 is 0.975 bits per heavy atom. The molecule has 0 N–H and O–H groups in total. The van der Waals surface area contributed by atoms with Crippen molar-refractivity contribution in [3.05, 3.63) is 57.8 Å². The molecule has 2 aromatic rings. The first-order chi connectivity index (χ1) is 18.2. The van der Waals surface area contributed by atoms with Crippen molar-refractivity contribution in [3.8, 4) is 0 Å². The first-order valence-corrected chi connectivity index (χ1v) is 14.1. The molecule has 40 heavy (non-hydrogen) atoms. The molecule has 1 fully saturated rings. The maximum absolute atomic E-state index is 14.3. The second kappa shape index (κ2) is 11.2. The van der Waals surface area contributed by atoms with Gasteiger partial charge < -0.3 is 14.4 Å². The van der Waals surface area contributed by atoms with Crippen molar-refractivity contribution >= 4 is 29.2 Å². The van der Waals surface area contributed by atoms with E-state index in [0.717, 1.165) is 24.3 Å². The molecular formula is C30H38F3NO5S. The van der Waals surface area contributed by atoms with Crippen LogP contribution in [0.5, 0.6) is 0 Å². The van der Waals surface area contributed by atoms with Gasteiger partial charge in [-0.15, -0.1) is 11.3 Å². The standard InChI is InChI=1S/C30H38F3NO5S/c1-18(2)16-29(26(37)39-28(6,7)8)17-21(25(36)38-27(3,4)5)23(22-10-9-15-40-22)34(29)24(35)19-11-13-20(14-12-19)30(31,32)33/h9-15,18,21,23H,16-17H2,1-8H3. The number of ether oxygens (including phenoxy) is 2. The van der Waals surface area contributed by atoms with Crippen LogP contribution < -0.4 is 0 Å². The second-order valence-corrected chi connectivity index (χ2v) is 13.7. The molecule has 6 nitrogen and oxygen atoms in total. The van der Waals surface area contributed by atoms with Gasteiger partial charge in [0.05, 0.1) is 17.5 Å². The van der Waals surface area contributed by atoms with Crippen LogP contribution in [0.3, 0.4) is 0 Å². The van der Waals surface area contributed by atoms with Gasteiger partial charge in [0.15, 0.2) is 0 Å². The fourth-order valence-corrected chi connectivity index (χ4v) is 6.03. The van der Waals surface area contributed by atoms with Crippen LogP contribution in [-0.2, 0) is 25.2 Å². The average molecular weight is 582 g/mol. The van der Waals surface area contributed by atoms with E-state index in [1.165, 1.54) is 16.2 Å². The molecule has 3 rings (SSSR count). The number of alkyl halides is 3. The molecule has 1 aromatic heterocycles. The first-order valence-electron chi connectivity index (χ1n) is 13.3. The Bertz CT molecular complexity index is 1210. The van der Waals surface area contributed by atoms with E-state index in [9.17, 15) is 27.6 Å². The minimum atomic E-state index is -4.57. The van der Waals surface area contributed by atoms with Crippen molar-refractivity contribution in [2.75, 3.05) is 0 Å². The summed E-state index contributed by atoms with van der Waals surface area (Å²) in [7, 11) is 0. The maximum atomic E-state index is 14.3. The molecule has 0 spiro atoms. The summed E-state index contributed by atoms with van der Waals surface area (Å²) < 4.78 is 51.4. The SMILES string of the molecule is CC(C)CC1(C(=O)OC(C)(C)C)CC(C(=O)OC(C)(C)C)C(c2cccs2)N1C(=O)c1ccc(C(F)(F)F)cc1. The predicted molar refractivity (Wildman–Crippen MR) is 147 cm³/mol. The summed E-state index contributed by atoms with van der Waals surface area (Å²) in [6, 6.07) is 6.55. The van der Waals surface area contributed by atoms with Crippen LogP contribution in [0.1, 0.15) is 95.1 Å². The van der Waals surface area contributed by atoms with Gasteiger partial charge in [0.2, 0.25) is 0 Å². The van der Waals surface area contributed by atoms with E-state index in [1.807, 2.05) is 13.8 Å². The van der Waals surface area contributed by atoms with Crippen LogP contribution in [-0.4, -0.2) is 39.5 Å². The second-order valence-electron chi connectivity index (χ2n) is 12.7. The number of carbonyl (C=O) groups excluding carboxylic acids is 3. The van der Waals surface area contributed by atoms with Crippen LogP contribution in [0.25, 0.3) is 0 Å². The summed E-state index contributed by atoms with van der Waals surface area (Å²) in [6.07, 6.45) is -4.45. The van der Waals surface area contributed by atoms with Gasteiger partial charge in [0.1, 0.15) is 16.7 Å². The lowest BCUT2D eigenvalue weighted by Gasteiger charge is -2.41. The number of hydrogen-bond donors (Lipinski definition) is 0. The highest BCUT2D eigenvalue weighted by Crippen LogP contribution is 2.52. The largest absolute Gasteiger partial charge is 0.460 e. The smallest absolute Gasteiger partial charge is 0.416 e. The lowest BCUT2D eigenvalue weighted by molar-refractivity contribution is -0.168. The fraction of sp³-hybridized carbons (Fsp3) is 0.567. The Kier molecular flexibility index (Phi) is 8.85. The molecule has 1 amide bonds. The van der Waals surface area contributed by atoms with Gasteiger partial charge >= 0.3 is 18.1 Å². The molecule has 1 saturated heterocycles. The third-order valence-electron chi connectivity index (χ3n) is 6.43. The van der Waals surface area contributed by atoms with Crippen LogP contribution in [0, 0.1) is 11.8 Å². The molecule has 3 atom stereocenters. The Balaban J connectivity index is 2.27. The number of esters is 2. The summed E-state index contributed by atoms with van der Waals surface area (Å²) >= 11 is 1.32. The number of benzene rings is 1. The van der Waals surface area contributed by atoms with Gasteiger partial charge in [0, 0.05) is 10.4 Å². The highest BCUT2D eigenvalue weighted by Gasteiger charge is 2.62. The first kappa shape index (κ1) is 31.6. The van der Waals surface area contributed by atoms with Crippen molar-refractivity contribution in [2.24, 2.45) is 11.8 Å². The molecule has 3 unspecified atom stereocenters. The summed E-state index contributed by atoms with van der Waals surface area (Å²) in [6.45, 7) is 14.1. The zero-order valence-electron chi connectivity index (χ0n) is 24.2. The Labute approximate surface area is 237 Å². The number of rotatable bonds is 6. The minimum Gasteiger partial charge on any atom is -0.460 e. The van der Waals surface area contributed by atoms with Crippen LogP contribution in [0.15, 0.2) is 41.8 Å². The quantitative estimate of drug-likeness (QED) is 0.332. The third kappa shape index (κ3) is 7.06. The molecule has 10 heteroatoms. The zero-order chi connectivity index (χ0) is 30.3. The number of thiophene rings is 1. The number of hydrogen-bond acceptors (Lipinski definition) is 6. The van der Waals surface area contributed by atoms with E-state index in [-0.39, 0.29) is 24.3 Å². The monoisotopic (exact) mass is 581 g/mol. The van der Waals surface area contributed by atoms with Crippen molar-refractivity contribution in [2.45, 2.75) is 97.2 Å².